The average Bonchev–Trinajstić information content (AvgIpc) is 2.97. The molecule has 1 heterocycles. The number of non-ortho nitro benzene ring substituents is 2. The Bertz CT molecular complexity index is 1780. The molecule has 4 amide bonds. The van der Waals surface area contributed by atoms with E-state index in [2.05, 4.69) is 6.58 Å². The fourth-order valence-electron chi connectivity index (χ4n) is 4.22. The molecule has 0 aromatic heterocycles. The van der Waals surface area contributed by atoms with Crippen LogP contribution in [0.5, 0.6) is 17.2 Å². The Hall–Kier alpha value is -6.45. The summed E-state index contributed by atoms with van der Waals surface area (Å²) in [5, 5.41) is 36.0. The number of allylic oxidation sites excluding steroid dienone is 1. The Morgan fingerprint density at radius 3 is 2.25 bits per heavy atom. The molecule has 1 aliphatic rings. The normalized spacial score (nSPS) is 13.8. The largest absolute Gasteiger partial charge is 0.490 e. The van der Waals surface area contributed by atoms with Gasteiger partial charge in [0.1, 0.15) is 5.57 Å². The summed E-state index contributed by atoms with van der Waals surface area (Å²) in [5.74, 6) is -2.33. The number of rotatable bonds is 11. The van der Waals surface area contributed by atoms with Crippen molar-refractivity contribution in [3.05, 3.63) is 114 Å². The molecule has 0 spiro atoms. The Morgan fingerprint density at radius 2 is 1.61 bits per heavy atom. The number of urea groups is 1. The van der Waals surface area contributed by atoms with Crippen molar-refractivity contribution in [1.82, 2.24) is 5.32 Å². The van der Waals surface area contributed by atoms with Gasteiger partial charge in [0.05, 0.1) is 33.1 Å². The van der Waals surface area contributed by atoms with Crippen LogP contribution in [-0.4, -0.2) is 39.2 Å². The minimum Gasteiger partial charge on any atom is -0.490 e. The first-order valence-corrected chi connectivity index (χ1v) is 12.6. The van der Waals surface area contributed by atoms with E-state index in [9.17, 15) is 44.7 Å². The smallest absolute Gasteiger partial charge is 0.335 e. The first kappa shape index (κ1) is 30.5. The van der Waals surface area contributed by atoms with E-state index < -0.39 is 49.6 Å². The predicted octanol–water partition coefficient (Wildman–Crippen LogP) is 5.00. The number of imide groups is 2. The molecule has 224 valence electrons. The van der Waals surface area contributed by atoms with Gasteiger partial charge < -0.3 is 9.47 Å². The lowest BCUT2D eigenvalue weighted by Crippen LogP contribution is -2.54. The lowest BCUT2D eigenvalue weighted by molar-refractivity contribution is -0.394. The van der Waals surface area contributed by atoms with Crippen LogP contribution < -0.4 is 19.7 Å². The molecule has 0 unspecified atom stereocenters. The van der Waals surface area contributed by atoms with Crippen molar-refractivity contribution in [3.63, 3.8) is 0 Å². The van der Waals surface area contributed by atoms with Crippen molar-refractivity contribution >= 4 is 46.7 Å². The number of hydrogen-bond acceptors (Lipinski definition) is 11. The number of nitrogens with one attached hydrogen (secondary N) is 1. The number of ether oxygens (including phenoxy) is 2. The standard InChI is InChI=1S/C28H21N5O11/c1-3-6-17-11-16(12-21-26(34)29-28(36)30(27(21)35)18-7-5-8-19(14-18)31(37)38)13-24(43-4-2)25(17)44-23-10-9-20(32(39)40)15-22(23)33(41)42/h3,5,7-15H,1,4,6H2,2H3,(H,29,34,36)/b21-12+. The molecule has 4 rings (SSSR count). The zero-order chi connectivity index (χ0) is 32.1. The Kier molecular flexibility index (Phi) is 8.74. The zero-order valence-electron chi connectivity index (χ0n) is 22.8. The number of benzene rings is 3. The molecule has 0 saturated carbocycles. The third-order valence-corrected chi connectivity index (χ3v) is 6.09. The highest BCUT2D eigenvalue weighted by Crippen LogP contribution is 2.42. The van der Waals surface area contributed by atoms with Crippen LogP contribution in [0.15, 0.2) is 72.8 Å². The number of nitrogens with zero attached hydrogens (tertiary/aromatic N) is 4. The zero-order valence-corrected chi connectivity index (χ0v) is 22.8. The van der Waals surface area contributed by atoms with E-state index in [-0.39, 0.29) is 47.2 Å². The van der Waals surface area contributed by atoms with E-state index in [4.69, 9.17) is 9.47 Å². The molecule has 0 bridgehead atoms. The van der Waals surface area contributed by atoms with Gasteiger partial charge in [0, 0.05) is 23.8 Å². The molecule has 3 aromatic carbocycles. The van der Waals surface area contributed by atoms with E-state index in [1.54, 1.807) is 6.92 Å². The number of nitro benzene ring substituents is 3. The number of hydrogen-bond donors (Lipinski definition) is 1. The van der Waals surface area contributed by atoms with Crippen molar-refractivity contribution in [2.24, 2.45) is 0 Å². The fourth-order valence-corrected chi connectivity index (χ4v) is 4.22. The fraction of sp³-hybridized carbons (Fsp3) is 0.107. The van der Waals surface area contributed by atoms with Crippen LogP contribution in [0.25, 0.3) is 6.08 Å². The minimum atomic E-state index is -1.10. The van der Waals surface area contributed by atoms with E-state index in [1.165, 1.54) is 42.5 Å². The lowest BCUT2D eigenvalue weighted by atomic mass is 10.0. The van der Waals surface area contributed by atoms with Gasteiger partial charge in [-0.05, 0) is 49.2 Å². The minimum absolute atomic E-state index is 0.0127. The summed E-state index contributed by atoms with van der Waals surface area (Å²) in [4.78, 5) is 70.9. The van der Waals surface area contributed by atoms with Crippen LogP contribution >= 0.6 is 0 Å². The molecule has 0 radical (unpaired) electrons. The van der Waals surface area contributed by atoms with Crippen LogP contribution in [0.3, 0.4) is 0 Å². The highest BCUT2D eigenvalue weighted by Gasteiger charge is 2.37. The van der Waals surface area contributed by atoms with Crippen LogP contribution in [0.2, 0.25) is 0 Å². The van der Waals surface area contributed by atoms with Crippen LogP contribution in [0.4, 0.5) is 27.5 Å². The molecule has 1 fully saturated rings. The Morgan fingerprint density at radius 1 is 0.909 bits per heavy atom. The van der Waals surface area contributed by atoms with Crippen molar-refractivity contribution in [2.75, 3.05) is 11.5 Å². The second-order valence-electron chi connectivity index (χ2n) is 8.94. The van der Waals surface area contributed by atoms with Crippen LogP contribution in [-0.2, 0) is 16.0 Å². The monoisotopic (exact) mass is 603 g/mol. The highest BCUT2D eigenvalue weighted by atomic mass is 16.6. The highest BCUT2D eigenvalue weighted by molar-refractivity contribution is 6.39. The van der Waals surface area contributed by atoms with E-state index >= 15 is 0 Å². The van der Waals surface area contributed by atoms with Gasteiger partial charge in [-0.25, -0.2) is 9.69 Å². The molecule has 16 heteroatoms. The summed E-state index contributed by atoms with van der Waals surface area (Å²) >= 11 is 0. The molecule has 16 nitrogen and oxygen atoms in total. The summed E-state index contributed by atoms with van der Waals surface area (Å²) in [5.41, 5.74) is -1.63. The molecule has 44 heavy (non-hydrogen) atoms. The molecule has 3 aromatic rings. The summed E-state index contributed by atoms with van der Waals surface area (Å²) in [7, 11) is 0. The number of carbonyl (C=O) groups excluding carboxylic acids is 3. The van der Waals surface area contributed by atoms with Crippen molar-refractivity contribution < 1.29 is 38.6 Å². The summed E-state index contributed by atoms with van der Waals surface area (Å²) < 4.78 is 11.6. The summed E-state index contributed by atoms with van der Waals surface area (Å²) in [6, 6.07) is 9.36. The number of amides is 4. The molecule has 1 aliphatic heterocycles. The quantitative estimate of drug-likeness (QED) is 0.101. The SMILES string of the molecule is C=CCc1cc(/C=C2\C(=O)NC(=O)N(c3cccc([N+](=O)[O-])c3)C2=O)cc(OCC)c1Oc1ccc([N+](=O)[O-])cc1[N+](=O)[O-]. The van der Waals surface area contributed by atoms with Crippen LogP contribution in [0, 0.1) is 30.3 Å². The molecule has 1 N–H and O–H groups in total. The van der Waals surface area contributed by atoms with Gasteiger partial charge in [-0.1, -0.05) is 12.1 Å². The van der Waals surface area contributed by atoms with E-state index in [0.29, 0.717) is 10.5 Å². The van der Waals surface area contributed by atoms with E-state index in [1.807, 2.05) is 5.32 Å². The van der Waals surface area contributed by atoms with Gasteiger partial charge in [-0.3, -0.25) is 45.2 Å². The first-order chi connectivity index (χ1) is 20.9. The Labute approximate surface area is 247 Å². The second kappa shape index (κ2) is 12.6. The van der Waals surface area contributed by atoms with Gasteiger partial charge >= 0.3 is 11.7 Å². The van der Waals surface area contributed by atoms with Gasteiger partial charge in [0.25, 0.3) is 23.2 Å². The van der Waals surface area contributed by atoms with Crippen LogP contribution in [0.1, 0.15) is 18.1 Å². The molecule has 0 aliphatic carbocycles. The third kappa shape index (κ3) is 6.23. The lowest BCUT2D eigenvalue weighted by Gasteiger charge is -2.26. The predicted molar refractivity (Wildman–Crippen MR) is 153 cm³/mol. The topological polar surface area (TPSA) is 214 Å². The number of nitro groups is 3. The maximum Gasteiger partial charge on any atom is 0.335 e. The average molecular weight is 604 g/mol. The van der Waals surface area contributed by atoms with Gasteiger partial charge in [0.2, 0.25) is 5.75 Å². The summed E-state index contributed by atoms with van der Waals surface area (Å²) in [6.45, 7) is 5.44. The van der Waals surface area contributed by atoms with Gasteiger partial charge in [0.15, 0.2) is 11.5 Å². The third-order valence-electron chi connectivity index (χ3n) is 6.09. The van der Waals surface area contributed by atoms with Crippen molar-refractivity contribution in [1.29, 1.82) is 0 Å². The number of barbiturate groups is 1. The first-order valence-electron chi connectivity index (χ1n) is 12.6. The molecular formula is C28H21N5O11. The van der Waals surface area contributed by atoms with E-state index in [0.717, 1.165) is 24.3 Å². The molecular weight excluding hydrogens is 582 g/mol. The summed E-state index contributed by atoms with van der Waals surface area (Å²) in [6.07, 6.45) is 2.77. The molecule has 1 saturated heterocycles. The number of anilines is 1. The maximum atomic E-state index is 13.4. The number of carbonyl (C=O) groups is 3. The van der Waals surface area contributed by atoms with Crippen molar-refractivity contribution in [2.45, 2.75) is 13.3 Å². The Balaban J connectivity index is 1.81. The second-order valence-corrected chi connectivity index (χ2v) is 8.94. The van der Waals surface area contributed by atoms with Crippen molar-refractivity contribution in [3.8, 4) is 17.2 Å². The van der Waals surface area contributed by atoms with Gasteiger partial charge in [-0.2, -0.15) is 0 Å². The maximum absolute atomic E-state index is 13.4. The van der Waals surface area contributed by atoms with Gasteiger partial charge in [-0.15, -0.1) is 6.58 Å². The molecule has 0 atom stereocenters.